The second kappa shape index (κ2) is 8.05. The zero-order valence-corrected chi connectivity index (χ0v) is 17.4. The average Bonchev–Trinajstić information content (AvgIpc) is 3.40. The van der Waals surface area contributed by atoms with Crippen LogP contribution in [0.1, 0.15) is 30.6 Å². The van der Waals surface area contributed by atoms with Crippen LogP contribution in [0.15, 0.2) is 52.9 Å². The first kappa shape index (κ1) is 19.7. The molecule has 0 aliphatic heterocycles. The van der Waals surface area contributed by atoms with E-state index in [1.54, 1.807) is 11.3 Å². The standard InChI is InChI=1S/C22H19N5O2S/c1-22(2,20-27-26-19(29-20)13-18(28)24-11-10-23)21-25-16-9-8-15(12-17(16)30-21)14-6-4-3-5-7-14/h3-9,12H,11,13H2,1-2H3,(H,24,28). The molecule has 0 unspecified atom stereocenters. The Kier molecular flexibility index (Phi) is 5.29. The Labute approximate surface area is 177 Å². The molecule has 1 N–H and O–H groups in total. The summed E-state index contributed by atoms with van der Waals surface area (Å²) in [6.45, 7) is 3.88. The quantitative estimate of drug-likeness (QED) is 0.478. The molecule has 0 saturated heterocycles. The van der Waals surface area contributed by atoms with Crippen molar-refractivity contribution in [2.75, 3.05) is 6.54 Å². The molecule has 30 heavy (non-hydrogen) atoms. The number of nitrogens with one attached hydrogen (secondary N) is 1. The number of aromatic nitrogens is 3. The molecule has 0 fully saturated rings. The summed E-state index contributed by atoms with van der Waals surface area (Å²) in [4.78, 5) is 16.5. The highest BCUT2D eigenvalue weighted by Crippen LogP contribution is 2.37. The molecule has 0 spiro atoms. The van der Waals surface area contributed by atoms with Crippen LogP contribution in [-0.4, -0.2) is 27.6 Å². The average molecular weight is 417 g/mol. The predicted octanol–water partition coefficient (Wildman–Crippen LogP) is 3.85. The van der Waals surface area contributed by atoms with Gasteiger partial charge in [0.2, 0.25) is 17.7 Å². The van der Waals surface area contributed by atoms with Crippen LogP contribution in [0.4, 0.5) is 0 Å². The lowest BCUT2D eigenvalue weighted by Crippen LogP contribution is -2.25. The Morgan fingerprint density at radius 1 is 1.17 bits per heavy atom. The molecule has 150 valence electrons. The van der Waals surface area contributed by atoms with Gasteiger partial charge in [0, 0.05) is 0 Å². The predicted molar refractivity (Wildman–Crippen MR) is 114 cm³/mol. The van der Waals surface area contributed by atoms with Gasteiger partial charge in [0.1, 0.15) is 18.0 Å². The Morgan fingerprint density at radius 2 is 1.97 bits per heavy atom. The summed E-state index contributed by atoms with van der Waals surface area (Å²) in [6.07, 6.45) is -0.0644. The summed E-state index contributed by atoms with van der Waals surface area (Å²) in [7, 11) is 0. The maximum Gasteiger partial charge on any atom is 0.230 e. The van der Waals surface area contributed by atoms with Gasteiger partial charge in [0.15, 0.2) is 0 Å². The smallest absolute Gasteiger partial charge is 0.230 e. The zero-order chi connectivity index (χ0) is 21.1. The number of hydrogen-bond acceptors (Lipinski definition) is 7. The first-order valence-corrected chi connectivity index (χ1v) is 10.2. The number of hydrogen-bond donors (Lipinski definition) is 1. The highest BCUT2D eigenvalue weighted by molar-refractivity contribution is 7.18. The van der Waals surface area contributed by atoms with Crippen molar-refractivity contribution in [2.24, 2.45) is 0 Å². The van der Waals surface area contributed by atoms with Crippen LogP contribution in [0.5, 0.6) is 0 Å². The van der Waals surface area contributed by atoms with E-state index in [9.17, 15) is 4.79 Å². The first-order chi connectivity index (χ1) is 14.5. The monoisotopic (exact) mass is 417 g/mol. The third-order valence-corrected chi connectivity index (χ3v) is 6.05. The minimum atomic E-state index is -0.606. The summed E-state index contributed by atoms with van der Waals surface area (Å²) in [5.41, 5.74) is 2.60. The van der Waals surface area contributed by atoms with E-state index in [2.05, 4.69) is 39.8 Å². The van der Waals surface area contributed by atoms with Crippen LogP contribution >= 0.6 is 11.3 Å². The number of amides is 1. The summed E-state index contributed by atoms with van der Waals surface area (Å²) in [5, 5.41) is 20.0. The fourth-order valence-corrected chi connectivity index (χ4v) is 4.11. The number of carbonyl (C=O) groups is 1. The van der Waals surface area contributed by atoms with Gasteiger partial charge in [-0.15, -0.1) is 21.5 Å². The van der Waals surface area contributed by atoms with Crippen LogP contribution in [0.25, 0.3) is 21.3 Å². The normalized spacial score (nSPS) is 11.4. The number of carbonyl (C=O) groups excluding carboxylic acids is 1. The van der Waals surface area contributed by atoms with E-state index in [0.717, 1.165) is 26.4 Å². The van der Waals surface area contributed by atoms with Crippen LogP contribution < -0.4 is 5.32 Å². The van der Waals surface area contributed by atoms with Gasteiger partial charge in [-0.2, -0.15) is 5.26 Å². The number of fused-ring (bicyclic) bond motifs is 1. The van der Waals surface area contributed by atoms with Crippen LogP contribution in [0, 0.1) is 11.3 Å². The van der Waals surface area contributed by atoms with Gasteiger partial charge in [-0.05, 0) is 37.1 Å². The van der Waals surface area contributed by atoms with Gasteiger partial charge in [0.25, 0.3) is 0 Å². The molecule has 2 heterocycles. The fraction of sp³-hybridized carbons (Fsp3) is 0.227. The summed E-state index contributed by atoms with van der Waals surface area (Å²) < 4.78 is 6.82. The number of nitriles is 1. The molecule has 2 aromatic heterocycles. The van der Waals surface area contributed by atoms with E-state index >= 15 is 0 Å². The first-order valence-electron chi connectivity index (χ1n) is 9.40. The third kappa shape index (κ3) is 3.93. The number of thiazole rings is 1. The largest absolute Gasteiger partial charge is 0.424 e. The molecule has 0 aliphatic rings. The van der Waals surface area contributed by atoms with Crippen molar-refractivity contribution in [3.05, 3.63) is 65.3 Å². The molecule has 0 atom stereocenters. The van der Waals surface area contributed by atoms with Crippen molar-refractivity contribution in [2.45, 2.75) is 25.7 Å². The van der Waals surface area contributed by atoms with Crippen molar-refractivity contribution >= 4 is 27.5 Å². The molecule has 8 heteroatoms. The highest BCUT2D eigenvalue weighted by Gasteiger charge is 2.33. The zero-order valence-electron chi connectivity index (χ0n) is 16.5. The number of rotatable bonds is 6. The Hall–Kier alpha value is -3.57. The molecule has 7 nitrogen and oxygen atoms in total. The molecule has 1 amide bonds. The van der Waals surface area contributed by atoms with Crippen LogP contribution in [-0.2, 0) is 16.6 Å². The SMILES string of the molecule is CC(C)(c1nnc(CC(=O)NCC#N)o1)c1nc2ccc(-c3ccccc3)cc2s1. The van der Waals surface area contributed by atoms with Crippen LogP contribution in [0.3, 0.4) is 0 Å². The van der Waals surface area contributed by atoms with E-state index in [4.69, 9.17) is 14.7 Å². The molecule has 0 radical (unpaired) electrons. The van der Waals surface area contributed by atoms with Gasteiger partial charge < -0.3 is 9.73 Å². The number of nitrogens with zero attached hydrogens (tertiary/aromatic N) is 4. The van der Waals surface area contributed by atoms with E-state index in [1.165, 1.54) is 0 Å². The lowest BCUT2D eigenvalue weighted by Gasteiger charge is -2.16. The molecule has 0 aliphatic carbocycles. The third-order valence-electron chi connectivity index (χ3n) is 4.71. The summed E-state index contributed by atoms with van der Waals surface area (Å²) in [5.74, 6) is 0.270. The lowest BCUT2D eigenvalue weighted by molar-refractivity contribution is -0.120. The molecular formula is C22H19N5O2S. The van der Waals surface area contributed by atoms with Gasteiger partial charge in [-0.3, -0.25) is 4.79 Å². The lowest BCUT2D eigenvalue weighted by atomic mass is 9.94. The maximum atomic E-state index is 11.8. The molecule has 0 bridgehead atoms. The molecular weight excluding hydrogens is 398 g/mol. The minimum Gasteiger partial charge on any atom is -0.424 e. The molecule has 4 rings (SSSR count). The summed E-state index contributed by atoms with van der Waals surface area (Å²) in [6, 6.07) is 18.3. The molecule has 2 aromatic carbocycles. The molecule has 0 saturated carbocycles. The maximum absolute atomic E-state index is 11.8. The topological polar surface area (TPSA) is 105 Å². The van der Waals surface area contributed by atoms with Gasteiger partial charge >= 0.3 is 0 Å². The van der Waals surface area contributed by atoms with E-state index in [0.29, 0.717) is 5.89 Å². The van der Waals surface area contributed by atoms with Crippen molar-refractivity contribution < 1.29 is 9.21 Å². The van der Waals surface area contributed by atoms with E-state index < -0.39 is 5.41 Å². The van der Waals surface area contributed by atoms with Crippen LogP contribution in [0.2, 0.25) is 0 Å². The molecule has 4 aromatic rings. The minimum absolute atomic E-state index is 0.0536. The van der Waals surface area contributed by atoms with E-state index in [1.807, 2.05) is 44.2 Å². The fourth-order valence-electron chi connectivity index (χ4n) is 3.01. The highest BCUT2D eigenvalue weighted by atomic mass is 32.1. The second-order valence-corrected chi connectivity index (χ2v) is 8.34. The van der Waals surface area contributed by atoms with Crippen molar-refractivity contribution in [3.8, 4) is 17.2 Å². The van der Waals surface area contributed by atoms with Gasteiger partial charge in [0.05, 0.1) is 21.7 Å². The van der Waals surface area contributed by atoms with Crippen molar-refractivity contribution in [1.29, 1.82) is 5.26 Å². The Bertz CT molecular complexity index is 1240. The van der Waals surface area contributed by atoms with Crippen molar-refractivity contribution in [3.63, 3.8) is 0 Å². The van der Waals surface area contributed by atoms with Gasteiger partial charge in [-0.1, -0.05) is 36.4 Å². The van der Waals surface area contributed by atoms with Gasteiger partial charge in [-0.25, -0.2) is 4.98 Å². The Morgan fingerprint density at radius 3 is 2.73 bits per heavy atom. The summed E-state index contributed by atoms with van der Waals surface area (Å²) >= 11 is 1.59. The van der Waals surface area contributed by atoms with E-state index in [-0.39, 0.29) is 24.8 Å². The second-order valence-electron chi connectivity index (χ2n) is 7.31. The van der Waals surface area contributed by atoms with Crippen molar-refractivity contribution in [1.82, 2.24) is 20.5 Å². The number of benzene rings is 2. The Balaban J connectivity index is 1.60.